The van der Waals surface area contributed by atoms with Crippen LogP contribution in [-0.2, 0) is 0 Å². The molecule has 2 rings (SSSR count). The van der Waals surface area contributed by atoms with Crippen molar-refractivity contribution in [3.63, 3.8) is 0 Å². The quantitative estimate of drug-likeness (QED) is 0.437. The summed E-state index contributed by atoms with van der Waals surface area (Å²) in [5.74, 6) is 0. The maximum Gasteiger partial charge on any atom is 0.281 e. The fourth-order valence-electron chi connectivity index (χ4n) is 2.17. The van der Waals surface area contributed by atoms with Gasteiger partial charge in [0.25, 0.3) is 22.7 Å². The van der Waals surface area contributed by atoms with Gasteiger partial charge in [-0.05, 0) is 13.8 Å². The predicted molar refractivity (Wildman–Crippen MR) is 97.8 cm³/mol. The number of rotatable bonds is 4. The van der Waals surface area contributed by atoms with Crippen LogP contribution in [0, 0.1) is 54.3 Å². The van der Waals surface area contributed by atoms with Gasteiger partial charge >= 0.3 is 0 Å². The van der Waals surface area contributed by atoms with E-state index in [1.807, 2.05) is 0 Å². The molecule has 0 saturated carbocycles. The highest BCUT2D eigenvalue weighted by Gasteiger charge is 2.23. The molecule has 0 aliphatic rings. The van der Waals surface area contributed by atoms with Gasteiger partial charge in [0.15, 0.2) is 0 Å². The fraction of sp³-hybridized carbons (Fsp3) is 0.143. The molecule has 2 aromatic rings. The van der Waals surface area contributed by atoms with Gasteiger partial charge in [-0.25, -0.2) is 0 Å². The number of hydrogen-bond donors (Lipinski definition) is 2. The molecule has 0 radical (unpaired) electrons. The minimum absolute atomic E-state index is 0.00833. The largest absolute Gasteiger partial charge is 0.398 e. The van der Waals surface area contributed by atoms with Crippen LogP contribution in [0.25, 0.3) is 0 Å². The molecule has 28 heavy (non-hydrogen) atoms. The highest BCUT2D eigenvalue weighted by molar-refractivity contribution is 5.63. The van der Waals surface area contributed by atoms with Gasteiger partial charge < -0.3 is 11.5 Å². The monoisotopic (exact) mass is 394 g/mol. The van der Waals surface area contributed by atoms with E-state index in [2.05, 4.69) is 0 Å². The molecule has 0 saturated heterocycles. The summed E-state index contributed by atoms with van der Waals surface area (Å²) in [7, 11) is 0. The van der Waals surface area contributed by atoms with Gasteiger partial charge in [-0.2, -0.15) is 0 Å². The van der Waals surface area contributed by atoms with Crippen LogP contribution < -0.4 is 11.5 Å². The zero-order valence-electron chi connectivity index (χ0n) is 14.5. The first kappa shape index (κ1) is 21.7. The van der Waals surface area contributed by atoms with E-state index in [1.54, 1.807) is 0 Å². The molecule has 0 fully saturated rings. The molecule has 0 heterocycles. The van der Waals surface area contributed by atoms with E-state index < -0.39 is 19.7 Å². The van der Waals surface area contributed by atoms with Gasteiger partial charge in [-0.15, -0.1) is 0 Å². The first-order chi connectivity index (χ1) is 12.9. The summed E-state index contributed by atoms with van der Waals surface area (Å²) in [4.78, 5) is 39.1. The van der Waals surface area contributed by atoms with Gasteiger partial charge in [0.2, 0.25) is 0 Å². The summed E-state index contributed by atoms with van der Waals surface area (Å²) in [6.07, 6.45) is 0. The van der Waals surface area contributed by atoms with Crippen LogP contribution in [0.1, 0.15) is 11.1 Å². The minimum Gasteiger partial charge on any atom is -0.398 e. The first-order valence-electron chi connectivity index (χ1n) is 7.24. The zero-order valence-corrected chi connectivity index (χ0v) is 14.5. The van der Waals surface area contributed by atoms with E-state index in [9.17, 15) is 40.5 Å². The molecule has 0 unspecified atom stereocenters. The van der Waals surface area contributed by atoms with Crippen LogP contribution in [0.15, 0.2) is 24.3 Å². The van der Waals surface area contributed by atoms with E-state index in [1.165, 1.54) is 13.8 Å². The smallest absolute Gasteiger partial charge is 0.281 e. The molecule has 4 N–H and O–H groups in total. The van der Waals surface area contributed by atoms with Gasteiger partial charge in [0.05, 0.1) is 19.7 Å². The van der Waals surface area contributed by atoms with E-state index in [4.69, 9.17) is 11.5 Å². The lowest BCUT2D eigenvalue weighted by atomic mass is 10.1. The Labute approximate surface area is 156 Å². The SMILES string of the molecule is Cc1c([N+](=O)[O-])cc(N)cc1[N+](=O)[O-].Cc1c([N+](=O)[O-])cc(N)cc1[N+](=O)[O-]. The van der Waals surface area contributed by atoms with Crippen molar-refractivity contribution in [1.29, 1.82) is 0 Å². The maximum atomic E-state index is 10.5. The Morgan fingerprint density at radius 1 is 0.571 bits per heavy atom. The second-order valence-corrected chi connectivity index (χ2v) is 5.40. The third kappa shape index (κ3) is 4.84. The first-order valence-corrected chi connectivity index (χ1v) is 7.24. The van der Waals surface area contributed by atoms with Crippen LogP contribution in [-0.4, -0.2) is 19.7 Å². The number of nitro groups is 4. The Kier molecular flexibility index (Phi) is 6.46. The number of nitrogen functional groups attached to an aromatic ring is 2. The van der Waals surface area contributed by atoms with Crippen LogP contribution in [0.2, 0.25) is 0 Å². The highest BCUT2D eigenvalue weighted by Crippen LogP contribution is 2.31. The number of anilines is 2. The van der Waals surface area contributed by atoms with Gasteiger partial charge in [-0.1, -0.05) is 0 Å². The lowest BCUT2D eigenvalue weighted by molar-refractivity contribution is -0.395. The standard InChI is InChI=1S/2C7H7N3O4/c2*1-4-6(9(11)12)2-5(8)3-7(4)10(13)14/h2*2-3H,8H2,1H3. The second-order valence-electron chi connectivity index (χ2n) is 5.40. The fourth-order valence-corrected chi connectivity index (χ4v) is 2.17. The normalized spacial score (nSPS) is 9.79. The Hall–Kier alpha value is -4.36. The molecule has 2 aromatic carbocycles. The van der Waals surface area contributed by atoms with E-state index in [0.717, 1.165) is 24.3 Å². The zero-order chi connectivity index (χ0) is 21.8. The molecule has 0 atom stereocenters. The lowest BCUT2D eigenvalue weighted by Gasteiger charge is -2.00. The second kappa shape index (κ2) is 8.35. The molecule has 148 valence electrons. The van der Waals surface area contributed by atoms with E-state index in [0.29, 0.717) is 0 Å². The molecule has 0 aliphatic carbocycles. The summed E-state index contributed by atoms with van der Waals surface area (Å²) >= 11 is 0. The van der Waals surface area contributed by atoms with Crippen molar-refractivity contribution in [2.75, 3.05) is 11.5 Å². The van der Waals surface area contributed by atoms with Crippen molar-refractivity contribution in [3.05, 3.63) is 75.8 Å². The van der Waals surface area contributed by atoms with Crippen molar-refractivity contribution in [2.24, 2.45) is 0 Å². The Bertz CT molecular complexity index is 840. The molecule has 0 amide bonds. The third-order valence-corrected chi connectivity index (χ3v) is 3.54. The highest BCUT2D eigenvalue weighted by atomic mass is 16.6. The number of hydrogen-bond acceptors (Lipinski definition) is 10. The van der Waals surface area contributed by atoms with Crippen LogP contribution in [0.5, 0.6) is 0 Å². The number of benzene rings is 2. The van der Waals surface area contributed by atoms with Crippen LogP contribution in [0.4, 0.5) is 34.1 Å². The molecule has 0 spiro atoms. The van der Waals surface area contributed by atoms with Gasteiger partial charge in [0, 0.05) is 35.6 Å². The van der Waals surface area contributed by atoms with Crippen LogP contribution in [0.3, 0.4) is 0 Å². The number of nitro benzene ring substituents is 4. The van der Waals surface area contributed by atoms with Crippen molar-refractivity contribution >= 4 is 34.1 Å². The van der Waals surface area contributed by atoms with E-state index >= 15 is 0 Å². The number of nitrogens with two attached hydrogens (primary N) is 2. The Morgan fingerprint density at radius 2 is 0.750 bits per heavy atom. The topological polar surface area (TPSA) is 225 Å². The van der Waals surface area contributed by atoms with Crippen molar-refractivity contribution in [3.8, 4) is 0 Å². The Morgan fingerprint density at radius 3 is 0.893 bits per heavy atom. The molecule has 0 aromatic heterocycles. The van der Waals surface area contributed by atoms with Crippen LogP contribution >= 0.6 is 0 Å². The predicted octanol–water partition coefficient (Wildman–Crippen LogP) is 2.79. The van der Waals surface area contributed by atoms with Crippen molar-refractivity contribution in [1.82, 2.24) is 0 Å². The average Bonchev–Trinajstić information content (AvgIpc) is 2.58. The summed E-state index contributed by atoms with van der Waals surface area (Å²) in [6.45, 7) is 2.63. The molecular weight excluding hydrogens is 380 g/mol. The molecule has 0 bridgehead atoms. The minimum atomic E-state index is -0.696. The number of nitrogens with zero attached hydrogens (tertiary/aromatic N) is 4. The summed E-state index contributed by atoms with van der Waals surface area (Å²) < 4.78 is 0. The molecular formula is C14H14N6O8. The molecule has 14 heteroatoms. The lowest BCUT2D eigenvalue weighted by Crippen LogP contribution is -1.99. The molecule has 0 aliphatic heterocycles. The van der Waals surface area contributed by atoms with E-state index in [-0.39, 0.29) is 45.3 Å². The summed E-state index contributed by atoms with van der Waals surface area (Å²) in [5, 5.41) is 41.9. The maximum absolute atomic E-state index is 10.5. The average molecular weight is 394 g/mol. The third-order valence-electron chi connectivity index (χ3n) is 3.54. The van der Waals surface area contributed by atoms with Crippen molar-refractivity contribution < 1.29 is 19.7 Å². The van der Waals surface area contributed by atoms with Gasteiger partial charge in [-0.3, -0.25) is 40.5 Å². The summed E-state index contributed by atoms with van der Waals surface area (Å²) in [6, 6.07) is 4.40. The van der Waals surface area contributed by atoms with Crippen molar-refractivity contribution in [2.45, 2.75) is 13.8 Å². The van der Waals surface area contributed by atoms with Gasteiger partial charge in [0.1, 0.15) is 11.1 Å². The molecule has 14 nitrogen and oxygen atoms in total. The summed E-state index contributed by atoms with van der Waals surface area (Å²) in [5.41, 5.74) is 9.28. The Balaban J connectivity index is 0.000000280.